The molecule has 14 heavy (non-hydrogen) atoms. The molecule has 1 N–H and O–H groups in total. The van der Waals surface area contributed by atoms with Gasteiger partial charge in [-0.2, -0.15) is 0 Å². The Hall–Kier alpha value is -0.0400. The minimum absolute atomic E-state index is 0.122. The van der Waals surface area contributed by atoms with E-state index in [9.17, 15) is 5.11 Å². The molecule has 0 aromatic rings. The van der Waals surface area contributed by atoms with Gasteiger partial charge in [0.1, 0.15) is 0 Å². The molecule has 0 saturated carbocycles. The van der Waals surface area contributed by atoms with E-state index in [4.69, 9.17) is 0 Å². The Morgan fingerprint density at radius 3 is 1.71 bits per heavy atom. The average Bonchev–Trinajstić information content (AvgIpc) is 2.00. The van der Waals surface area contributed by atoms with E-state index >= 15 is 0 Å². The van der Waals surface area contributed by atoms with Crippen molar-refractivity contribution in [1.29, 1.82) is 0 Å². The van der Waals surface area contributed by atoms with Crippen molar-refractivity contribution in [1.82, 2.24) is 0 Å². The first-order valence-electron chi connectivity index (χ1n) is 6.02. The summed E-state index contributed by atoms with van der Waals surface area (Å²) in [6.45, 7) is 13.2. The maximum absolute atomic E-state index is 9.97. The van der Waals surface area contributed by atoms with E-state index in [-0.39, 0.29) is 6.10 Å². The molecular weight excluding hydrogens is 172 g/mol. The Morgan fingerprint density at radius 1 is 0.857 bits per heavy atom. The molecule has 3 unspecified atom stereocenters. The van der Waals surface area contributed by atoms with Crippen molar-refractivity contribution in [3.05, 3.63) is 0 Å². The van der Waals surface area contributed by atoms with Gasteiger partial charge in [0.25, 0.3) is 0 Å². The van der Waals surface area contributed by atoms with Gasteiger partial charge in [-0.3, -0.25) is 0 Å². The fourth-order valence-electron chi connectivity index (χ4n) is 1.97. The average molecular weight is 200 g/mol. The molecule has 0 aromatic heterocycles. The first-order chi connectivity index (χ1) is 6.34. The molecule has 1 heteroatoms. The number of hydrogen-bond donors (Lipinski definition) is 1. The summed E-state index contributed by atoms with van der Waals surface area (Å²) in [6.07, 6.45) is 2.06. The van der Waals surface area contributed by atoms with Gasteiger partial charge in [-0.25, -0.2) is 0 Å². The predicted octanol–water partition coefficient (Wildman–Crippen LogP) is 3.71. The molecule has 0 aliphatic heterocycles. The monoisotopic (exact) mass is 200 g/mol. The summed E-state index contributed by atoms with van der Waals surface area (Å²) in [6, 6.07) is 0. The second-order valence-corrected chi connectivity index (χ2v) is 5.64. The molecule has 1 nitrogen and oxygen atoms in total. The summed E-state index contributed by atoms with van der Waals surface area (Å²) in [5.74, 6) is 2.39. The fraction of sp³-hybridized carbons (Fsp3) is 1.00. The van der Waals surface area contributed by atoms with E-state index in [1.165, 1.54) is 6.42 Å². The lowest BCUT2D eigenvalue weighted by Crippen LogP contribution is -2.24. The molecule has 0 radical (unpaired) electrons. The normalized spacial score (nSPS) is 18.6. The molecule has 0 amide bonds. The summed E-state index contributed by atoms with van der Waals surface area (Å²) in [5, 5.41) is 9.97. The number of hydrogen-bond acceptors (Lipinski definition) is 1. The van der Waals surface area contributed by atoms with Gasteiger partial charge in [-0.1, -0.05) is 41.5 Å². The zero-order chi connectivity index (χ0) is 11.3. The first-order valence-corrected chi connectivity index (χ1v) is 6.02. The van der Waals surface area contributed by atoms with Gasteiger partial charge >= 0.3 is 0 Å². The van der Waals surface area contributed by atoms with E-state index in [1.807, 2.05) is 0 Å². The van der Waals surface area contributed by atoms with E-state index in [1.54, 1.807) is 0 Å². The second-order valence-electron chi connectivity index (χ2n) is 5.64. The van der Waals surface area contributed by atoms with Crippen LogP contribution in [0.1, 0.15) is 54.4 Å². The van der Waals surface area contributed by atoms with Crippen LogP contribution in [-0.4, -0.2) is 11.2 Å². The van der Waals surface area contributed by atoms with Gasteiger partial charge in [0, 0.05) is 0 Å². The largest absolute Gasteiger partial charge is 0.393 e. The molecule has 0 heterocycles. The van der Waals surface area contributed by atoms with Crippen molar-refractivity contribution in [2.75, 3.05) is 0 Å². The van der Waals surface area contributed by atoms with E-state index in [0.29, 0.717) is 17.8 Å². The highest BCUT2D eigenvalue weighted by molar-refractivity contribution is 4.70. The van der Waals surface area contributed by atoms with Crippen molar-refractivity contribution in [3.63, 3.8) is 0 Å². The van der Waals surface area contributed by atoms with Crippen molar-refractivity contribution in [2.45, 2.75) is 60.5 Å². The van der Waals surface area contributed by atoms with Crippen LogP contribution in [0.4, 0.5) is 0 Å². The molecule has 3 atom stereocenters. The van der Waals surface area contributed by atoms with Gasteiger partial charge in [0.2, 0.25) is 0 Å². The molecule has 0 aliphatic carbocycles. The third kappa shape index (κ3) is 5.64. The van der Waals surface area contributed by atoms with Crippen LogP contribution in [0.5, 0.6) is 0 Å². The van der Waals surface area contributed by atoms with Crippen LogP contribution in [0.15, 0.2) is 0 Å². The zero-order valence-corrected chi connectivity index (χ0v) is 10.7. The molecule has 0 rings (SSSR count). The van der Waals surface area contributed by atoms with E-state index in [2.05, 4.69) is 41.5 Å². The van der Waals surface area contributed by atoms with Crippen LogP contribution in [0.25, 0.3) is 0 Å². The molecule has 0 aliphatic rings. The van der Waals surface area contributed by atoms with Crippen LogP contribution < -0.4 is 0 Å². The highest BCUT2D eigenvalue weighted by Gasteiger charge is 2.20. The van der Waals surface area contributed by atoms with Crippen LogP contribution in [0.3, 0.4) is 0 Å². The molecule has 0 bridgehead atoms. The third-order valence-corrected chi connectivity index (χ3v) is 3.18. The van der Waals surface area contributed by atoms with Crippen molar-refractivity contribution < 1.29 is 5.11 Å². The topological polar surface area (TPSA) is 20.2 Å². The minimum Gasteiger partial charge on any atom is -0.393 e. The smallest absolute Gasteiger partial charge is 0.0570 e. The highest BCUT2D eigenvalue weighted by atomic mass is 16.3. The zero-order valence-electron chi connectivity index (χ0n) is 10.7. The lowest BCUT2D eigenvalue weighted by Gasteiger charge is -2.25. The van der Waals surface area contributed by atoms with Crippen molar-refractivity contribution in [2.24, 2.45) is 23.7 Å². The van der Waals surface area contributed by atoms with Crippen LogP contribution >= 0.6 is 0 Å². The lowest BCUT2D eigenvalue weighted by atomic mass is 9.85. The molecule has 0 aromatic carbocycles. The summed E-state index contributed by atoms with van der Waals surface area (Å²) >= 11 is 0. The number of aliphatic hydroxyl groups is 1. The Morgan fingerprint density at radius 2 is 1.36 bits per heavy atom. The molecular formula is C13H28O. The maximum atomic E-state index is 9.97. The van der Waals surface area contributed by atoms with Gasteiger partial charge in [0.15, 0.2) is 0 Å². The lowest BCUT2D eigenvalue weighted by molar-refractivity contribution is 0.0674. The van der Waals surface area contributed by atoms with Gasteiger partial charge in [-0.05, 0) is 36.5 Å². The Labute approximate surface area is 89.9 Å². The van der Waals surface area contributed by atoms with Crippen LogP contribution in [0.2, 0.25) is 0 Å². The summed E-state index contributed by atoms with van der Waals surface area (Å²) in [4.78, 5) is 0. The minimum atomic E-state index is -0.122. The van der Waals surface area contributed by atoms with Gasteiger partial charge < -0.3 is 5.11 Å². The Balaban J connectivity index is 3.86. The second kappa shape index (κ2) is 6.44. The summed E-state index contributed by atoms with van der Waals surface area (Å²) in [5.41, 5.74) is 0. The SMILES string of the molecule is CC(C)CC(C)CC(O)C(C)C(C)C. The molecule has 0 fully saturated rings. The Bertz CT molecular complexity index is 140. The molecule has 86 valence electrons. The molecule has 0 spiro atoms. The van der Waals surface area contributed by atoms with Gasteiger partial charge in [0.05, 0.1) is 6.10 Å². The Kier molecular flexibility index (Phi) is 6.43. The standard InChI is InChI=1S/C13H28O/c1-9(2)7-11(5)8-13(14)12(6)10(3)4/h9-14H,7-8H2,1-6H3. The van der Waals surface area contributed by atoms with Crippen LogP contribution in [-0.2, 0) is 0 Å². The van der Waals surface area contributed by atoms with E-state index < -0.39 is 0 Å². The summed E-state index contributed by atoms with van der Waals surface area (Å²) < 4.78 is 0. The van der Waals surface area contributed by atoms with Crippen molar-refractivity contribution >= 4 is 0 Å². The number of aliphatic hydroxyl groups excluding tert-OH is 1. The van der Waals surface area contributed by atoms with Crippen LogP contribution in [0, 0.1) is 23.7 Å². The summed E-state index contributed by atoms with van der Waals surface area (Å²) in [7, 11) is 0. The predicted molar refractivity (Wildman–Crippen MR) is 63.2 cm³/mol. The van der Waals surface area contributed by atoms with Crippen molar-refractivity contribution in [3.8, 4) is 0 Å². The van der Waals surface area contributed by atoms with E-state index in [0.717, 1.165) is 12.3 Å². The number of rotatable bonds is 6. The van der Waals surface area contributed by atoms with Gasteiger partial charge in [-0.15, -0.1) is 0 Å². The quantitative estimate of drug-likeness (QED) is 0.693. The maximum Gasteiger partial charge on any atom is 0.0570 e. The first kappa shape index (κ1) is 14.0. The molecule has 0 saturated heterocycles. The fourth-order valence-corrected chi connectivity index (χ4v) is 1.97. The third-order valence-electron chi connectivity index (χ3n) is 3.18. The highest BCUT2D eigenvalue weighted by Crippen LogP contribution is 2.23.